The van der Waals surface area contributed by atoms with Gasteiger partial charge in [0.15, 0.2) is 5.82 Å². The van der Waals surface area contributed by atoms with Gasteiger partial charge in [-0.15, -0.1) is 0 Å². The molecule has 0 saturated heterocycles. The summed E-state index contributed by atoms with van der Waals surface area (Å²) in [6.45, 7) is 3.20. The number of H-pyrrole nitrogens is 1. The molecule has 0 spiro atoms. The van der Waals surface area contributed by atoms with Crippen molar-refractivity contribution in [3.63, 3.8) is 0 Å². The van der Waals surface area contributed by atoms with Crippen molar-refractivity contribution in [3.8, 4) is 0 Å². The first kappa shape index (κ1) is 22.9. The lowest BCUT2D eigenvalue weighted by Gasteiger charge is -2.18. The number of nitrogens with zero attached hydrogens (tertiary/aromatic N) is 4. The molecule has 1 aliphatic heterocycles. The molecule has 0 aromatic carbocycles. The Labute approximate surface area is 194 Å². The summed E-state index contributed by atoms with van der Waals surface area (Å²) in [4.78, 5) is 25.7. The molecule has 0 unspecified atom stereocenters. The number of aromatic amines is 1. The fourth-order valence-corrected chi connectivity index (χ4v) is 4.22. The summed E-state index contributed by atoms with van der Waals surface area (Å²) in [5.41, 5.74) is 3.91. The standard InChI is InChI=1S/C24H33N7O2/c1-2-33-24(32)19(30-23-21-20(15-28-31-21)26-16-27-23)11-7-5-3-4-6-10-18-13-12-17-9-8-14-25-22(17)29-18/h12-13,15-16,19H,2-11,14H2,1H3,(H,25,29)(H,28,31)(H,26,27,30)/t19-/m0/s1. The predicted octanol–water partition coefficient (Wildman–Crippen LogP) is 4.03. The summed E-state index contributed by atoms with van der Waals surface area (Å²) in [5.74, 6) is 1.39. The first-order valence-corrected chi connectivity index (χ1v) is 12.0. The van der Waals surface area contributed by atoms with Gasteiger partial charge in [0.25, 0.3) is 0 Å². The van der Waals surface area contributed by atoms with Crippen LogP contribution in [0.25, 0.3) is 11.0 Å². The second-order valence-corrected chi connectivity index (χ2v) is 8.45. The van der Waals surface area contributed by atoms with Crippen molar-refractivity contribution in [2.45, 2.75) is 70.8 Å². The molecule has 0 radical (unpaired) electrons. The van der Waals surface area contributed by atoms with E-state index in [-0.39, 0.29) is 5.97 Å². The third-order valence-electron chi connectivity index (χ3n) is 6.00. The highest BCUT2D eigenvalue weighted by Crippen LogP contribution is 2.21. The first-order valence-electron chi connectivity index (χ1n) is 12.0. The van der Waals surface area contributed by atoms with Gasteiger partial charge in [-0.2, -0.15) is 5.10 Å². The molecule has 9 heteroatoms. The molecule has 176 valence electrons. The summed E-state index contributed by atoms with van der Waals surface area (Å²) < 4.78 is 5.27. The van der Waals surface area contributed by atoms with Crippen LogP contribution in [0.4, 0.5) is 11.6 Å². The Bertz CT molecular complexity index is 1050. The van der Waals surface area contributed by atoms with Crippen molar-refractivity contribution >= 4 is 28.6 Å². The molecule has 0 saturated carbocycles. The number of esters is 1. The van der Waals surface area contributed by atoms with Crippen molar-refractivity contribution in [2.75, 3.05) is 23.8 Å². The molecule has 0 bridgehead atoms. The van der Waals surface area contributed by atoms with Gasteiger partial charge >= 0.3 is 5.97 Å². The number of pyridine rings is 1. The highest BCUT2D eigenvalue weighted by Gasteiger charge is 2.21. The number of hydrogen-bond acceptors (Lipinski definition) is 8. The second kappa shape index (κ2) is 11.6. The van der Waals surface area contributed by atoms with Gasteiger partial charge in [0.1, 0.15) is 29.2 Å². The summed E-state index contributed by atoms with van der Waals surface area (Å²) in [6, 6.07) is 3.95. The Kier molecular flexibility index (Phi) is 8.05. The lowest BCUT2D eigenvalue weighted by atomic mass is 10.0. The SMILES string of the molecule is CCOC(=O)[C@H](CCCCCCCc1ccc2c(n1)NCCC2)Nc1ncnc2cn[nH]c12. The molecule has 3 aromatic rings. The van der Waals surface area contributed by atoms with Crippen molar-refractivity contribution in [1.29, 1.82) is 0 Å². The van der Waals surface area contributed by atoms with Gasteiger partial charge in [0, 0.05) is 12.2 Å². The van der Waals surface area contributed by atoms with Crippen molar-refractivity contribution in [3.05, 3.63) is 35.9 Å². The molecule has 3 aromatic heterocycles. The number of anilines is 2. The topological polar surface area (TPSA) is 118 Å². The number of nitrogens with one attached hydrogen (secondary N) is 3. The minimum Gasteiger partial charge on any atom is -0.464 e. The second-order valence-electron chi connectivity index (χ2n) is 8.45. The quantitative estimate of drug-likeness (QED) is 0.279. The Balaban J connectivity index is 1.20. The zero-order valence-corrected chi connectivity index (χ0v) is 19.3. The molecule has 0 amide bonds. The van der Waals surface area contributed by atoms with Gasteiger partial charge in [-0.25, -0.2) is 19.7 Å². The number of fused-ring (bicyclic) bond motifs is 2. The van der Waals surface area contributed by atoms with Crippen LogP contribution >= 0.6 is 0 Å². The number of aromatic nitrogens is 5. The van der Waals surface area contributed by atoms with Gasteiger partial charge in [-0.1, -0.05) is 31.7 Å². The van der Waals surface area contributed by atoms with Crippen LogP contribution < -0.4 is 10.6 Å². The first-order chi connectivity index (χ1) is 16.2. The number of aryl methyl sites for hydroxylation is 2. The van der Waals surface area contributed by atoms with Crippen LogP contribution in [0.1, 0.15) is 63.1 Å². The third-order valence-corrected chi connectivity index (χ3v) is 6.00. The van der Waals surface area contributed by atoms with E-state index in [0.29, 0.717) is 29.9 Å². The van der Waals surface area contributed by atoms with Gasteiger partial charge in [-0.3, -0.25) is 5.10 Å². The van der Waals surface area contributed by atoms with Gasteiger partial charge in [-0.05, 0) is 50.7 Å². The Hall–Kier alpha value is -3.23. The number of ether oxygens (including phenoxy) is 1. The average molecular weight is 452 g/mol. The Morgan fingerprint density at radius 3 is 2.97 bits per heavy atom. The molecular formula is C24H33N7O2. The lowest BCUT2D eigenvalue weighted by molar-refractivity contribution is -0.144. The van der Waals surface area contributed by atoms with Crippen molar-refractivity contribution in [2.24, 2.45) is 0 Å². The Morgan fingerprint density at radius 1 is 1.18 bits per heavy atom. The number of rotatable bonds is 12. The maximum Gasteiger partial charge on any atom is 0.328 e. The highest BCUT2D eigenvalue weighted by atomic mass is 16.5. The van der Waals surface area contributed by atoms with Crippen LogP contribution in [-0.2, 0) is 22.4 Å². The molecule has 4 rings (SSSR count). The fourth-order valence-electron chi connectivity index (χ4n) is 4.22. The van der Waals surface area contributed by atoms with Crippen LogP contribution in [0, 0.1) is 0 Å². The van der Waals surface area contributed by atoms with E-state index in [1.807, 2.05) is 6.92 Å². The lowest BCUT2D eigenvalue weighted by Crippen LogP contribution is -2.32. The number of unbranched alkanes of at least 4 members (excludes halogenated alkanes) is 4. The van der Waals surface area contributed by atoms with Gasteiger partial charge in [0.05, 0.1) is 12.8 Å². The van der Waals surface area contributed by atoms with Gasteiger partial charge < -0.3 is 15.4 Å². The predicted molar refractivity (Wildman–Crippen MR) is 128 cm³/mol. The van der Waals surface area contributed by atoms with Crippen LogP contribution in [0.15, 0.2) is 24.7 Å². The van der Waals surface area contributed by atoms with Crippen LogP contribution in [-0.4, -0.2) is 50.3 Å². The van der Waals surface area contributed by atoms with Gasteiger partial charge in [0.2, 0.25) is 0 Å². The molecule has 0 aliphatic carbocycles. The Morgan fingerprint density at radius 2 is 2.06 bits per heavy atom. The van der Waals surface area contributed by atoms with E-state index in [1.165, 1.54) is 24.0 Å². The van der Waals surface area contributed by atoms with E-state index < -0.39 is 6.04 Å². The van der Waals surface area contributed by atoms with E-state index in [0.717, 1.165) is 57.3 Å². The van der Waals surface area contributed by atoms with E-state index in [2.05, 4.69) is 42.9 Å². The monoisotopic (exact) mass is 451 g/mol. The number of carbonyl (C=O) groups is 1. The molecule has 0 fully saturated rings. The molecule has 3 N–H and O–H groups in total. The largest absolute Gasteiger partial charge is 0.464 e. The van der Waals surface area contributed by atoms with Crippen LogP contribution in [0.5, 0.6) is 0 Å². The van der Waals surface area contributed by atoms with E-state index >= 15 is 0 Å². The van der Waals surface area contributed by atoms with E-state index in [9.17, 15) is 4.79 Å². The number of carbonyl (C=O) groups excluding carboxylic acids is 1. The minimum atomic E-state index is -0.446. The highest BCUT2D eigenvalue weighted by molar-refractivity contribution is 5.87. The minimum absolute atomic E-state index is 0.254. The maximum atomic E-state index is 12.5. The van der Waals surface area contributed by atoms with E-state index in [4.69, 9.17) is 9.72 Å². The molecular weight excluding hydrogens is 418 g/mol. The van der Waals surface area contributed by atoms with Crippen LogP contribution in [0.3, 0.4) is 0 Å². The zero-order chi connectivity index (χ0) is 22.9. The van der Waals surface area contributed by atoms with Crippen molar-refractivity contribution < 1.29 is 9.53 Å². The molecule has 1 atom stereocenters. The summed E-state index contributed by atoms with van der Waals surface area (Å²) in [5, 5.41) is 13.5. The molecule has 1 aliphatic rings. The summed E-state index contributed by atoms with van der Waals surface area (Å²) in [7, 11) is 0. The summed E-state index contributed by atoms with van der Waals surface area (Å²) in [6.07, 6.45) is 12.6. The average Bonchev–Trinajstić information content (AvgIpc) is 3.32. The number of hydrogen-bond donors (Lipinski definition) is 3. The van der Waals surface area contributed by atoms with Crippen LogP contribution in [0.2, 0.25) is 0 Å². The zero-order valence-electron chi connectivity index (χ0n) is 19.3. The third kappa shape index (κ3) is 6.18. The normalized spacial score (nSPS) is 13.8. The summed E-state index contributed by atoms with van der Waals surface area (Å²) >= 11 is 0. The fraction of sp³-hybridized carbons (Fsp3) is 0.542. The smallest absolute Gasteiger partial charge is 0.328 e. The molecule has 4 heterocycles. The molecule has 9 nitrogen and oxygen atoms in total. The molecule has 33 heavy (non-hydrogen) atoms. The maximum absolute atomic E-state index is 12.5. The van der Waals surface area contributed by atoms with Crippen molar-refractivity contribution in [1.82, 2.24) is 25.1 Å². The van der Waals surface area contributed by atoms with E-state index in [1.54, 1.807) is 6.20 Å².